The summed E-state index contributed by atoms with van der Waals surface area (Å²) in [4.78, 5) is 39.2. The van der Waals surface area contributed by atoms with Crippen molar-refractivity contribution >= 4 is 23.5 Å². The quantitative estimate of drug-likeness (QED) is 0.462. The van der Waals surface area contributed by atoms with Crippen LogP contribution in [0.2, 0.25) is 0 Å². The number of hydrogen-bond acceptors (Lipinski definition) is 4. The Labute approximate surface area is 164 Å². The van der Waals surface area contributed by atoms with Gasteiger partial charge in [0.2, 0.25) is 11.8 Å². The molecule has 2 amide bonds. The first-order valence-corrected chi connectivity index (χ1v) is 9.75. The Kier molecular flexibility index (Phi) is 4.99. The molecule has 5 heteroatoms. The lowest BCUT2D eigenvalue weighted by atomic mass is 9.76. The molecular formula is C23H23NO4. The molecule has 2 aromatic carbocycles. The van der Waals surface area contributed by atoms with Gasteiger partial charge in [-0.05, 0) is 42.9 Å². The molecule has 0 aromatic heterocycles. The first-order chi connectivity index (χ1) is 13.5. The van der Waals surface area contributed by atoms with Crippen LogP contribution in [0.1, 0.15) is 31.7 Å². The van der Waals surface area contributed by atoms with Crippen molar-refractivity contribution < 1.29 is 19.1 Å². The highest BCUT2D eigenvalue weighted by molar-refractivity contribution is 6.22. The number of rotatable bonds is 4. The van der Waals surface area contributed by atoms with E-state index in [0.29, 0.717) is 17.4 Å². The molecule has 3 atom stereocenters. The van der Waals surface area contributed by atoms with Gasteiger partial charge in [-0.1, -0.05) is 43.3 Å². The van der Waals surface area contributed by atoms with Crippen LogP contribution in [-0.4, -0.2) is 17.8 Å². The molecule has 28 heavy (non-hydrogen) atoms. The second-order valence-corrected chi connectivity index (χ2v) is 7.78. The number of carbonyl (C=O) groups is 3. The molecule has 2 fully saturated rings. The minimum absolute atomic E-state index is 0.130. The summed E-state index contributed by atoms with van der Waals surface area (Å²) in [6, 6.07) is 16.0. The average Bonchev–Trinajstić information content (AvgIpc) is 2.92. The summed E-state index contributed by atoms with van der Waals surface area (Å²) >= 11 is 0. The smallest absolute Gasteiger partial charge is 0.315 e. The fourth-order valence-electron chi connectivity index (χ4n) is 4.26. The minimum atomic E-state index is -0.384. The molecule has 0 spiro atoms. The maximum atomic E-state index is 12.9. The molecule has 1 aliphatic heterocycles. The van der Waals surface area contributed by atoms with Crippen LogP contribution < -0.4 is 9.64 Å². The van der Waals surface area contributed by atoms with Crippen LogP contribution >= 0.6 is 0 Å². The number of ether oxygens (including phenoxy) is 1. The van der Waals surface area contributed by atoms with E-state index in [2.05, 4.69) is 6.92 Å². The molecule has 0 radical (unpaired) electrons. The first-order valence-electron chi connectivity index (χ1n) is 9.75. The van der Waals surface area contributed by atoms with E-state index in [1.807, 2.05) is 30.3 Å². The van der Waals surface area contributed by atoms with Crippen molar-refractivity contribution in [3.05, 3.63) is 60.2 Å². The normalized spacial score (nSPS) is 24.2. The van der Waals surface area contributed by atoms with E-state index in [-0.39, 0.29) is 36.0 Å². The Bertz CT molecular complexity index is 908. The topological polar surface area (TPSA) is 63.7 Å². The number of hydrogen-bond donors (Lipinski definition) is 0. The monoisotopic (exact) mass is 377 g/mol. The molecule has 1 heterocycles. The van der Waals surface area contributed by atoms with Crippen LogP contribution in [0.4, 0.5) is 5.69 Å². The number of fused-ring (bicyclic) bond motifs is 1. The molecule has 2 aliphatic rings. The lowest BCUT2D eigenvalue weighted by Gasteiger charge is -2.25. The fourth-order valence-corrected chi connectivity index (χ4v) is 4.26. The van der Waals surface area contributed by atoms with Gasteiger partial charge in [0.15, 0.2) is 0 Å². The molecule has 3 unspecified atom stereocenters. The summed E-state index contributed by atoms with van der Waals surface area (Å²) in [6.07, 6.45) is 2.66. The Morgan fingerprint density at radius 2 is 1.75 bits per heavy atom. The zero-order valence-corrected chi connectivity index (χ0v) is 15.8. The van der Waals surface area contributed by atoms with Crippen molar-refractivity contribution in [2.45, 2.75) is 32.6 Å². The van der Waals surface area contributed by atoms with Crippen molar-refractivity contribution in [3.63, 3.8) is 0 Å². The van der Waals surface area contributed by atoms with Crippen molar-refractivity contribution in [1.29, 1.82) is 0 Å². The lowest BCUT2D eigenvalue weighted by molar-refractivity contribution is -0.133. The second-order valence-electron chi connectivity index (χ2n) is 7.78. The van der Waals surface area contributed by atoms with E-state index in [9.17, 15) is 14.4 Å². The van der Waals surface area contributed by atoms with Crippen LogP contribution in [-0.2, 0) is 20.8 Å². The summed E-state index contributed by atoms with van der Waals surface area (Å²) in [5.41, 5.74) is 1.34. The summed E-state index contributed by atoms with van der Waals surface area (Å²) < 4.78 is 5.44. The van der Waals surface area contributed by atoms with Gasteiger partial charge in [-0.3, -0.25) is 14.4 Å². The molecule has 5 nitrogen and oxygen atoms in total. The molecule has 1 saturated carbocycles. The fraction of sp³-hybridized carbons (Fsp3) is 0.348. The highest BCUT2D eigenvalue weighted by Crippen LogP contribution is 2.42. The van der Waals surface area contributed by atoms with Crippen LogP contribution in [0, 0.1) is 17.8 Å². The third-order valence-electron chi connectivity index (χ3n) is 5.69. The van der Waals surface area contributed by atoms with E-state index in [4.69, 9.17) is 4.74 Å². The van der Waals surface area contributed by atoms with E-state index in [1.165, 1.54) is 4.90 Å². The summed E-state index contributed by atoms with van der Waals surface area (Å²) in [5, 5.41) is 0. The predicted molar refractivity (Wildman–Crippen MR) is 105 cm³/mol. The zero-order valence-electron chi connectivity index (χ0n) is 15.8. The Morgan fingerprint density at radius 3 is 2.54 bits per heavy atom. The molecule has 0 N–H and O–H groups in total. The van der Waals surface area contributed by atoms with Gasteiger partial charge in [0.25, 0.3) is 0 Å². The first kappa shape index (κ1) is 18.4. The van der Waals surface area contributed by atoms with Crippen molar-refractivity contribution in [1.82, 2.24) is 0 Å². The highest BCUT2D eigenvalue weighted by Gasteiger charge is 2.50. The molecular weight excluding hydrogens is 354 g/mol. The lowest BCUT2D eigenvalue weighted by Crippen LogP contribution is -2.30. The van der Waals surface area contributed by atoms with Gasteiger partial charge in [0, 0.05) is 6.07 Å². The van der Waals surface area contributed by atoms with Crippen LogP contribution in [0.5, 0.6) is 5.75 Å². The third-order valence-corrected chi connectivity index (χ3v) is 5.69. The van der Waals surface area contributed by atoms with Crippen molar-refractivity contribution in [2.75, 3.05) is 4.90 Å². The second kappa shape index (κ2) is 7.58. The Hall–Kier alpha value is -2.95. The van der Waals surface area contributed by atoms with E-state index in [1.54, 1.807) is 24.3 Å². The summed E-state index contributed by atoms with van der Waals surface area (Å²) in [5.74, 6) is -0.284. The predicted octanol–water partition coefficient (Wildman–Crippen LogP) is 3.76. The van der Waals surface area contributed by atoms with Gasteiger partial charge >= 0.3 is 5.97 Å². The van der Waals surface area contributed by atoms with Crippen molar-refractivity contribution in [3.8, 4) is 5.75 Å². The number of benzene rings is 2. The molecule has 1 saturated heterocycles. The van der Waals surface area contributed by atoms with E-state index < -0.39 is 0 Å². The number of anilines is 1. The van der Waals surface area contributed by atoms with E-state index in [0.717, 1.165) is 24.8 Å². The van der Waals surface area contributed by atoms with Gasteiger partial charge < -0.3 is 4.74 Å². The Balaban J connectivity index is 1.50. The van der Waals surface area contributed by atoms with Crippen LogP contribution in [0.15, 0.2) is 54.6 Å². The molecule has 0 bridgehead atoms. The summed E-state index contributed by atoms with van der Waals surface area (Å²) in [7, 11) is 0. The average molecular weight is 377 g/mol. The summed E-state index contributed by atoms with van der Waals surface area (Å²) in [6.45, 7) is 2.13. The number of imide groups is 1. The van der Waals surface area contributed by atoms with Gasteiger partial charge in [0.1, 0.15) is 5.75 Å². The molecule has 1 aliphatic carbocycles. The largest absolute Gasteiger partial charge is 0.426 e. The van der Waals surface area contributed by atoms with Gasteiger partial charge in [-0.2, -0.15) is 0 Å². The SMILES string of the molecule is CC1CCC2C(=O)N(c3cccc(OC(=O)Cc4ccccc4)c3)C(=O)C2C1. The maximum Gasteiger partial charge on any atom is 0.315 e. The van der Waals surface area contributed by atoms with Gasteiger partial charge in [-0.25, -0.2) is 4.90 Å². The Morgan fingerprint density at radius 1 is 1.00 bits per heavy atom. The highest BCUT2D eigenvalue weighted by atomic mass is 16.5. The number of esters is 1. The molecule has 4 rings (SSSR count). The maximum absolute atomic E-state index is 12.9. The number of amides is 2. The zero-order chi connectivity index (χ0) is 19.7. The van der Waals surface area contributed by atoms with Gasteiger partial charge in [-0.15, -0.1) is 0 Å². The van der Waals surface area contributed by atoms with E-state index >= 15 is 0 Å². The third kappa shape index (κ3) is 3.57. The number of nitrogens with zero attached hydrogens (tertiary/aromatic N) is 1. The van der Waals surface area contributed by atoms with Gasteiger partial charge in [0.05, 0.1) is 23.9 Å². The van der Waals surface area contributed by atoms with Crippen molar-refractivity contribution in [2.24, 2.45) is 17.8 Å². The molecule has 2 aromatic rings. The standard InChI is InChI=1S/C23H23NO4/c1-15-10-11-19-20(12-15)23(27)24(22(19)26)17-8-5-9-18(14-17)28-21(25)13-16-6-3-2-4-7-16/h2-9,14-15,19-20H,10-13H2,1H3. The van der Waals surface area contributed by atoms with Crippen LogP contribution in [0.3, 0.4) is 0 Å². The molecule has 144 valence electrons. The van der Waals surface area contributed by atoms with Crippen LogP contribution in [0.25, 0.3) is 0 Å². The number of carbonyl (C=O) groups excluding carboxylic acids is 3. The minimum Gasteiger partial charge on any atom is -0.426 e.